The van der Waals surface area contributed by atoms with Crippen molar-refractivity contribution in [2.75, 3.05) is 26.2 Å². The normalized spacial score (nSPS) is 23.9. The molecule has 0 saturated carbocycles. The van der Waals surface area contributed by atoms with Crippen molar-refractivity contribution in [3.63, 3.8) is 0 Å². The smallest absolute Gasteiger partial charge is 0.303 e. The van der Waals surface area contributed by atoms with Gasteiger partial charge in [0.15, 0.2) is 0 Å². The quantitative estimate of drug-likeness (QED) is 0.661. The summed E-state index contributed by atoms with van der Waals surface area (Å²) in [4.78, 5) is 10.6. The van der Waals surface area contributed by atoms with Crippen LogP contribution in [0.4, 0.5) is 0 Å². The van der Waals surface area contributed by atoms with E-state index < -0.39 is 16.2 Å². The van der Waals surface area contributed by atoms with Crippen LogP contribution < -0.4 is 10.0 Å². The molecule has 2 fully saturated rings. The summed E-state index contributed by atoms with van der Waals surface area (Å²) in [7, 11) is -3.43. The highest BCUT2D eigenvalue weighted by molar-refractivity contribution is 7.87. The minimum absolute atomic E-state index is 0.0971. The van der Waals surface area contributed by atoms with Gasteiger partial charge in [0.1, 0.15) is 0 Å². The maximum atomic E-state index is 12.4. The van der Waals surface area contributed by atoms with Gasteiger partial charge in [-0.25, -0.2) is 0 Å². The van der Waals surface area contributed by atoms with Crippen LogP contribution in [0.25, 0.3) is 0 Å². The lowest BCUT2D eigenvalue weighted by Crippen LogP contribution is -2.33. The van der Waals surface area contributed by atoms with Crippen LogP contribution in [-0.4, -0.2) is 50.0 Å². The third-order valence-electron chi connectivity index (χ3n) is 5.27. The van der Waals surface area contributed by atoms with Gasteiger partial charge < -0.3 is 10.4 Å². The fourth-order valence-electron chi connectivity index (χ4n) is 3.64. The molecular weight excluding hydrogens is 354 g/mol. The van der Waals surface area contributed by atoms with Crippen LogP contribution in [0.5, 0.6) is 0 Å². The van der Waals surface area contributed by atoms with Crippen LogP contribution >= 0.6 is 0 Å². The molecule has 26 heavy (non-hydrogen) atoms. The van der Waals surface area contributed by atoms with Crippen molar-refractivity contribution in [3.8, 4) is 0 Å². The van der Waals surface area contributed by atoms with E-state index in [1.54, 1.807) is 4.31 Å². The maximum absolute atomic E-state index is 12.4. The minimum atomic E-state index is -3.43. The zero-order valence-electron chi connectivity index (χ0n) is 14.9. The van der Waals surface area contributed by atoms with Crippen LogP contribution in [-0.2, 0) is 21.4 Å². The zero-order valence-corrected chi connectivity index (χ0v) is 15.7. The van der Waals surface area contributed by atoms with Gasteiger partial charge in [0.25, 0.3) is 10.2 Å². The van der Waals surface area contributed by atoms with Crippen LogP contribution in [0.3, 0.4) is 0 Å². The zero-order chi connectivity index (χ0) is 18.6. The van der Waals surface area contributed by atoms with E-state index in [1.165, 1.54) is 0 Å². The topological polar surface area (TPSA) is 98.7 Å². The highest BCUT2D eigenvalue weighted by Crippen LogP contribution is 2.26. The predicted octanol–water partition coefficient (Wildman–Crippen LogP) is 1.28. The van der Waals surface area contributed by atoms with Gasteiger partial charge in [-0.3, -0.25) is 4.79 Å². The number of hydrogen-bond donors (Lipinski definition) is 3. The Morgan fingerprint density at radius 1 is 1.19 bits per heavy atom. The first kappa shape index (κ1) is 19.3. The molecular formula is C18H27N3O4S. The molecule has 0 radical (unpaired) electrons. The Labute approximate surface area is 155 Å². The molecule has 3 N–H and O–H groups in total. The number of aryl methyl sites for hydroxylation is 1. The first-order valence-electron chi connectivity index (χ1n) is 9.23. The van der Waals surface area contributed by atoms with Gasteiger partial charge >= 0.3 is 5.97 Å². The van der Waals surface area contributed by atoms with Crippen LogP contribution in [0.1, 0.15) is 42.9 Å². The van der Waals surface area contributed by atoms with Crippen molar-refractivity contribution < 1.29 is 18.3 Å². The molecule has 7 nitrogen and oxygen atoms in total. The molecule has 0 amide bonds. The Bertz CT molecular complexity index is 714. The second-order valence-electron chi connectivity index (χ2n) is 7.15. The second kappa shape index (κ2) is 8.47. The minimum Gasteiger partial charge on any atom is -0.481 e. The summed E-state index contributed by atoms with van der Waals surface area (Å²) < 4.78 is 29.1. The van der Waals surface area contributed by atoms with Gasteiger partial charge in [-0.15, -0.1) is 0 Å². The summed E-state index contributed by atoms with van der Waals surface area (Å²) in [5.74, 6) is -0.221. The number of carboxylic acids is 1. The Kier molecular flexibility index (Phi) is 6.29. The van der Waals surface area contributed by atoms with Gasteiger partial charge in [-0.1, -0.05) is 24.3 Å². The van der Waals surface area contributed by atoms with E-state index in [-0.39, 0.29) is 12.5 Å². The number of piperidine rings is 1. The molecule has 0 spiro atoms. The van der Waals surface area contributed by atoms with Gasteiger partial charge in [-0.2, -0.15) is 17.4 Å². The second-order valence-corrected chi connectivity index (χ2v) is 8.85. The number of nitrogens with one attached hydrogen (secondary N) is 2. The molecule has 2 saturated heterocycles. The van der Waals surface area contributed by atoms with Crippen molar-refractivity contribution in [3.05, 3.63) is 35.4 Å². The summed E-state index contributed by atoms with van der Waals surface area (Å²) in [6.07, 6.45) is 3.71. The monoisotopic (exact) mass is 381 g/mol. The van der Waals surface area contributed by atoms with E-state index in [0.717, 1.165) is 43.5 Å². The lowest BCUT2D eigenvalue weighted by Gasteiger charge is -2.24. The van der Waals surface area contributed by atoms with E-state index in [0.29, 0.717) is 25.4 Å². The summed E-state index contributed by atoms with van der Waals surface area (Å²) in [6, 6.07) is 7.29. The lowest BCUT2D eigenvalue weighted by molar-refractivity contribution is -0.136. The molecule has 144 valence electrons. The third kappa shape index (κ3) is 5.03. The average Bonchev–Trinajstić information content (AvgIpc) is 2.94. The number of nitrogens with zero attached hydrogens (tertiary/aromatic N) is 1. The fraction of sp³-hybridized carbons (Fsp3) is 0.611. The molecule has 3 rings (SSSR count). The fourth-order valence-corrected chi connectivity index (χ4v) is 5.05. The molecule has 0 bridgehead atoms. The molecule has 2 heterocycles. The summed E-state index contributed by atoms with van der Waals surface area (Å²) in [5, 5.41) is 12.1. The van der Waals surface area contributed by atoms with Crippen molar-refractivity contribution in [1.82, 2.24) is 14.3 Å². The van der Waals surface area contributed by atoms with E-state index in [2.05, 4.69) is 10.0 Å². The highest BCUT2D eigenvalue weighted by Gasteiger charge is 2.36. The average molecular weight is 381 g/mol. The summed E-state index contributed by atoms with van der Waals surface area (Å²) in [6.45, 7) is 3.05. The van der Waals surface area contributed by atoms with E-state index >= 15 is 0 Å². The molecule has 2 aliphatic heterocycles. The lowest BCUT2D eigenvalue weighted by atomic mass is 9.95. The largest absolute Gasteiger partial charge is 0.481 e. The summed E-state index contributed by atoms with van der Waals surface area (Å²) >= 11 is 0. The van der Waals surface area contributed by atoms with Crippen LogP contribution in [0.2, 0.25) is 0 Å². The molecule has 1 unspecified atom stereocenters. The van der Waals surface area contributed by atoms with Crippen molar-refractivity contribution in [2.24, 2.45) is 5.92 Å². The Hall–Kier alpha value is -1.48. The number of hydrogen-bond acceptors (Lipinski definition) is 4. The Balaban J connectivity index is 1.57. The van der Waals surface area contributed by atoms with Crippen LogP contribution in [0.15, 0.2) is 24.3 Å². The number of benzene rings is 1. The van der Waals surface area contributed by atoms with Crippen molar-refractivity contribution >= 4 is 16.2 Å². The molecule has 0 aromatic heterocycles. The number of aliphatic carboxylic acids is 1. The van der Waals surface area contributed by atoms with Crippen molar-refractivity contribution in [1.29, 1.82) is 0 Å². The third-order valence-corrected chi connectivity index (χ3v) is 6.87. The Morgan fingerprint density at radius 3 is 2.54 bits per heavy atom. The van der Waals surface area contributed by atoms with Crippen molar-refractivity contribution in [2.45, 2.75) is 38.1 Å². The molecule has 1 aromatic carbocycles. The van der Waals surface area contributed by atoms with E-state index in [1.807, 2.05) is 24.3 Å². The van der Waals surface area contributed by atoms with Crippen LogP contribution in [0, 0.1) is 5.92 Å². The molecule has 2 aliphatic rings. The van der Waals surface area contributed by atoms with Gasteiger partial charge in [0, 0.05) is 19.5 Å². The highest BCUT2D eigenvalue weighted by atomic mass is 32.2. The number of carbonyl (C=O) groups is 1. The van der Waals surface area contributed by atoms with E-state index in [9.17, 15) is 13.2 Å². The van der Waals surface area contributed by atoms with Gasteiger partial charge in [-0.05, 0) is 55.8 Å². The SMILES string of the molecule is O=C(O)CCc1ccc(C2CN(CCC3CCNCC3)S(=O)(=O)N2)cc1. The van der Waals surface area contributed by atoms with Gasteiger partial charge in [0.2, 0.25) is 0 Å². The first-order valence-corrected chi connectivity index (χ1v) is 10.7. The summed E-state index contributed by atoms with van der Waals surface area (Å²) in [5.41, 5.74) is 1.86. The predicted molar refractivity (Wildman–Crippen MR) is 99.0 cm³/mol. The molecule has 0 aliphatic carbocycles. The number of rotatable bonds is 7. The Morgan fingerprint density at radius 2 is 1.88 bits per heavy atom. The molecule has 8 heteroatoms. The van der Waals surface area contributed by atoms with E-state index in [4.69, 9.17) is 5.11 Å². The van der Waals surface area contributed by atoms with Gasteiger partial charge in [0.05, 0.1) is 6.04 Å². The standard InChI is InChI=1S/C18H27N3O4S/c22-18(23)6-3-14-1-4-16(5-2-14)17-13-21(26(24,25)20-17)12-9-15-7-10-19-11-8-15/h1-2,4-5,15,17,19-20H,3,6-13H2,(H,22,23). The maximum Gasteiger partial charge on any atom is 0.303 e. The molecule has 1 atom stereocenters. The number of carboxylic acid groups (broad SMARTS) is 1. The first-order chi connectivity index (χ1) is 12.4. The molecule has 1 aromatic rings.